The van der Waals surface area contributed by atoms with Gasteiger partial charge in [0, 0.05) is 6.42 Å². The first-order valence-electron chi connectivity index (χ1n) is 23.6. The van der Waals surface area contributed by atoms with Crippen molar-refractivity contribution in [2.75, 3.05) is 40.9 Å². The highest BCUT2D eigenvalue weighted by Gasteiger charge is 2.27. The van der Waals surface area contributed by atoms with Gasteiger partial charge in [0.25, 0.3) is 0 Å². The molecule has 0 spiro atoms. The van der Waals surface area contributed by atoms with Crippen LogP contribution in [0.2, 0.25) is 0 Å². The van der Waals surface area contributed by atoms with Crippen molar-refractivity contribution in [1.29, 1.82) is 0 Å². The Balaban J connectivity index is 3.71. The summed E-state index contributed by atoms with van der Waals surface area (Å²) in [5.74, 6) is -0.185. The Bertz CT molecular complexity index is 911. The van der Waals surface area contributed by atoms with Gasteiger partial charge < -0.3 is 19.8 Å². The third kappa shape index (κ3) is 41.2. The van der Waals surface area contributed by atoms with Gasteiger partial charge in [0.05, 0.1) is 39.9 Å². The van der Waals surface area contributed by atoms with Crippen molar-refractivity contribution >= 4 is 13.7 Å². The summed E-state index contributed by atoms with van der Waals surface area (Å²) in [6, 6.07) is -0.836. The van der Waals surface area contributed by atoms with Crippen LogP contribution in [0.4, 0.5) is 0 Å². The molecule has 0 aliphatic rings. The van der Waals surface area contributed by atoms with E-state index in [9.17, 15) is 19.4 Å². The lowest BCUT2D eigenvalue weighted by Crippen LogP contribution is -2.45. The molecular weight excluding hydrogens is 707 g/mol. The van der Waals surface area contributed by atoms with E-state index in [4.69, 9.17) is 9.05 Å². The molecule has 3 N–H and O–H groups in total. The van der Waals surface area contributed by atoms with Crippen LogP contribution in [0.3, 0.4) is 0 Å². The molecule has 0 bridgehead atoms. The molecule has 55 heavy (non-hydrogen) atoms. The molecule has 3 unspecified atom stereocenters. The number of nitrogens with one attached hydrogen (secondary N) is 1. The molecule has 0 saturated carbocycles. The lowest BCUT2D eigenvalue weighted by atomic mass is 10.0. The van der Waals surface area contributed by atoms with Crippen molar-refractivity contribution in [1.82, 2.24) is 5.32 Å². The Morgan fingerprint density at radius 2 is 0.964 bits per heavy atom. The number of rotatable bonds is 43. The minimum Gasteiger partial charge on any atom is -0.387 e. The van der Waals surface area contributed by atoms with E-state index in [1.807, 2.05) is 34.1 Å². The van der Waals surface area contributed by atoms with E-state index >= 15 is 0 Å². The van der Waals surface area contributed by atoms with Gasteiger partial charge >= 0.3 is 7.82 Å². The highest BCUT2D eigenvalue weighted by atomic mass is 31.2. The van der Waals surface area contributed by atoms with Gasteiger partial charge in [0.15, 0.2) is 0 Å². The van der Waals surface area contributed by atoms with Crippen molar-refractivity contribution in [3.8, 4) is 0 Å². The zero-order chi connectivity index (χ0) is 40.7. The third-order valence-corrected chi connectivity index (χ3v) is 11.7. The Morgan fingerprint density at radius 1 is 0.600 bits per heavy atom. The molecule has 0 aromatic carbocycles. The topological polar surface area (TPSA) is 105 Å². The van der Waals surface area contributed by atoms with Crippen LogP contribution >= 0.6 is 7.82 Å². The molecule has 0 radical (unpaired) electrons. The van der Waals surface area contributed by atoms with Gasteiger partial charge in [0.1, 0.15) is 13.2 Å². The number of phosphoric acid groups is 1. The number of aliphatic hydroxyl groups is 1. The number of quaternary nitrogens is 1. The molecule has 0 saturated heterocycles. The average molecular weight is 802 g/mol. The number of allylic oxidation sites excluding steroid dienone is 1. The summed E-state index contributed by atoms with van der Waals surface area (Å²) in [4.78, 5) is 22.8. The van der Waals surface area contributed by atoms with Gasteiger partial charge in [0.2, 0.25) is 5.91 Å². The molecule has 1 amide bonds. The average Bonchev–Trinajstić information content (AvgIpc) is 3.13. The first kappa shape index (κ1) is 54.2. The highest BCUT2D eigenvalue weighted by molar-refractivity contribution is 7.47. The highest BCUT2D eigenvalue weighted by Crippen LogP contribution is 2.43. The smallest absolute Gasteiger partial charge is 0.387 e. The minimum absolute atomic E-state index is 0.0624. The first-order valence-corrected chi connectivity index (χ1v) is 25.1. The Hall–Kier alpha value is -0.760. The molecule has 0 heterocycles. The minimum atomic E-state index is -4.31. The van der Waals surface area contributed by atoms with E-state index < -0.39 is 20.0 Å². The number of unbranched alkanes of at least 4 members (excludes halogenated alkanes) is 30. The summed E-state index contributed by atoms with van der Waals surface area (Å²) < 4.78 is 23.2. The van der Waals surface area contributed by atoms with E-state index in [-0.39, 0.29) is 19.1 Å². The number of phosphoric ester groups is 1. The number of hydrogen-bond acceptors (Lipinski definition) is 5. The summed E-state index contributed by atoms with van der Waals surface area (Å²) in [6.45, 7) is 4.62. The van der Waals surface area contributed by atoms with Gasteiger partial charge in [-0.3, -0.25) is 13.8 Å². The van der Waals surface area contributed by atoms with Crippen molar-refractivity contribution in [2.45, 2.75) is 238 Å². The maximum atomic E-state index is 12.7. The van der Waals surface area contributed by atoms with E-state index in [1.54, 1.807) is 6.08 Å². The van der Waals surface area contributed by atoms with Crippen LogP contribution in [-0.4, -0.2) is 73.4 Å². The Morgan fingerprint density at radius 3 is 1.31 bits per heavy atom. The number of carbonyl (C=O) groups excluding carboxylic acids is 1. The monoisotopic (exact) mass is 802 g/mol. The number of likely N-dealkylation sites (N-methyl/N-ethyl adjacent to an activating group) is 1. The Labute approximate surface area is 342 Å². The number of hydrogen-bond donors (Lipinski definition) is 3. The second-order valence-electron chi connectivity index (χ2n) is 17.5. The summed E-state index contributed by atoms with van der Waals surface area (Å²) in [5.41, 5.74) is 0. The van der Waals surface area contributed by atoms with Gasteiger partial charge in [-0.15, -0.1) is 0 Å². The fraction of sp³-hybridized carbons (Fsp3) is 0.935. The molecule has 0 fully saturated rings. The largest absolute Gasteiger partial charge is 0.472 e. The number of amides is 1. The van der Waals surface area contributed by atoms with Crippen LogP contribution in [0, 0.1) is 0 Å². The molecule has 0 aromatic rings. The summed E-state index contributed by atoms with van der Waals surface area (Å²) >= 11 is 0. The second-order valence-corrected chi connectivity index (χ2v) is 18.9. The maximum absolute atomic E-state index is 12.7. The van der Waals surface area contributed by atoms with Gasteiger partial charge in [-0.1, -0.05) is 219 Å². The molecule has 3 atom stereocenters. The van der Waals surface area contributed by atoms with Crippen LogP contribution in [0.25, 0.3) is 0 Å². The van der Waals surface area contributed by atoms with Crippen molar-refractivity contribution < 1.29 is 32.9 Å². The molecule has 0 rings (SSSR count). The van der Waals surface area contributed by atoms with Crippen molar-refractivity contribution in [3.05, 3.63) is 12.2 Å². The van der Waals surface area contributed by atoms with E-state index in [1.165, 1.54) is 173 Å². The van der Waals surface area contributed by atoms with E-state index in [0.29, 0.717) is 17.4 Å². The standard InChI is InChI=1S/C46H93N2O6P/c1-6-8-10-11-12-13-14-15-16-17-18-19-20-21-22-23-24-25-26-27-28-29-30-31-32-33-34-35-36-38-40-46(50)47-44(45(49)39-37-9-7-2)43-54-55(51,52)53-42-41-48(3,4)5/h37,39,44-45,49H,6-36,38,40-43H2,1-5H3,(H-,47,50,51,52)/p+1/b39-37+. The molecule has 8 nitrogen and oxygen atoms in total. The molecule has 328 valence electrons. The third-order valence-electron chi connectivity index (χ3n) is 10.7. The van der Waals surface area contributed by atoms with E-state index in [0.717, 1.165) is 32.1 Å². The van der Waals surface area contributed by atoms with Crippen LogP contribution in [0.1, 0.15) is 226 Å². The van der Waals surface area contributed by atoms with Gasteiger partial charge in [-0.05, 0) is 12.8 Å². The molecule has 0 aromatic heterocycles. The quantitative estimate of drug-likeness (QED) is 0.0245. The summed E-state index contributed by atoms with van der Waals surface area (Å²) in [6.07, 6.45) is 45.5. The van der Waals surface area contributed by atoms with Crippen LogP contribution in [0.5, 0.6) is 0 Å². The zero-order valence-corrected chi connectivity index (χ0v) is 38.1. The van der Waals surface area contributed by atoms with Gasteiger partial charge in [-0.2, -0.15) is 0 Å². The predicted molar refractivity (Wildman–Crippen MR) is 235 cm³/mol. The fourth-order valence-corrected chi connectivity index (χ4v) is 7.73. The van der Waals surface area contributed by atoms with Crippen LogP contribution in [0.15, 0.2) is 12.2 Å². The zero-order valence-electron chi connectivity index (χ0n) is 37.2. The number of carbonyl (C=O) groups is 1. The predicted octanol–water partition coefficient (Wildman–Crippen LogP) is 13.1. The number of nitrogens with zero attached hydrogens (tertiary/aromatic N) is 1. The van der Waals surface area contributed by atoms with Crippen molar-refractivity contribution in [3.63, 3.8) is 0 Å². The lowest BCUT2D eigenvalue weighted by molar-refractivity contribution is -0.870. The normalized spacial score (nSPS) is 14.4. The second kappa shape index (κ2) is 38.7. The van der Waals surface area contributed by atoms with Crippen LogP contribution in [-0.2, 0) is 18.4 Å². The number of aliphatic hydroxyl groups excluding tert-OH is 1. The van der Waals surface area contributed by atoms with Crippen molar-refractivity contribution in [2.24, 2.45) is 0 Å². The molecular formula is C46H94N2O6P+. The molecule has 9 heteroatoms. The summed E-state index contributed by atoms with van der Waals surface area (Å²) in [7, 11) is 1.57. The van der Waals surface area contributed by atoms with Gasteiger partial charge in [-0.25, -0.2) is 4.57 Å². The van der Waals surface area contributed by atoms with Crippen LogP contribution < -0.4 is 5.32 Å². The lowest BCUT2D eigenvalue weighted by Gasteiger charge is -2.25. The SMILES string of the molecule is CCC/C=C/C(O)C(COP(=O)(O)OCC[N+](C)(C)C)NC(=O)CCCCCCCCCCCCCCCCCCCCCCCCCCCCCCCC. The maximum Gasteiger partial charge on any atom is 0.472 e. The first-order chi connectivity index (χ1) is 26.5. The Kier molecular flexibility index (Phi) is 38.2. The molecule has 0 aliphatic carbocycles. The fourth-order valence-electron chi connectivity index (χ4n) is 6.99. The molecule has 0 aliphatic heterocycles. The van der Waals surface area contributed by atoms with E-state index in [2.05, 4.69) is 12.2 Å². The summed E-state index contributed by atoms with van der Waals surface area (Å²) in [5, 5.41) is 13.5.